The molecule has 15 heavy (non-hydrogen) atoms. The number of nitrogens with two attached hydrogens (primary N) is 1. The van der Waals surface area contributed by atoms with Crippen LogP contribution in [-0.4, -0.2) is 31.7 Å². The number of amides is 1. The zero-order chi connectivity index (χ0) is 11.7. The molecule has 0 saturated carbocycles. The SMILES string of the molecule is COC(C)(C)CC(=O)NCCCCCN. The second kappa shape index (κ2) is 7.65. The van der Waals surface area contributed by atoms with Crippen molar-refractivity contribution in [3.8, 4) is 0 Å². The monoisotopic (exact) mass is 216 g/mol. The zero-order valence-electron chi connectivity index (χ0n) is 10.1. The first-order chi connectivity index (χ1) is 7.02. The van der Waals surface area contributed by atoms with Gasteiger partial charge in [-0.05, 0) is 33.2 Å². The summed E-state index contributed by atoms with van der Waals surface area (Å²) in [6.07, 6.45) is 3.50. The van der Waals surface area contributed by atoms with Crippen LogP contribution in [0.5, 0.6) is 0 Å². The van der Waals surface area contributed by atoms with E-state index in [9.17, 15) is 4.79 Å². The number of ether oxygens (including phenoxy) is 1. The quantitative estimate of drug-likeness (QED) is 0.596. The van der Waals surface area contributed by atoms with E-state index in [1.165, 1.54) is 0 Å². The predicted molar refractivity (Wildman–Crippen MR) is 61.6 cm³/mol. The molecule has 0 rings (SSSR count). The van der Waals surface area contributed by atoms with Gasteiger partial charge in [-0.25, -0.2) is 0 Å². The van der Waals surface area contributed by atoms with Crippen LogP contribution < -0.4 is 11.1 Å². The van der Waals surface area contributed by atoms with Crippen LogP contribution in [0.15, 0.2) is 0 Å². The Balaban J connectivity index is 3.49. The van der Waals surface area contributed by atoms with Crippen LogP contribution in [0.1, 0.15) is 39.5 Å². The smallest absolute Gasteiger partial charge is 0.222 e. The number of methoxy groups -OCH3 is 1. The third-order valence-corrected chi connectivity index (χ3v) is 2.34. The minimum Gasteiger partial charge on any atom is -0.378 e. The van der Waals surface area contributed by atoms with E-state index >= 15 is 0 Å². The highest BCUT2D eigenvalue weighted by molar-refractivity contribution is 5.76. The van der Waals surface area contributed by atoms with Gasteiger partial charge >= 0.3 is 0 Å². The van der Waals surface area contributed by atoms with E-state index in [1.54, 1.807) is 7.11 Å². The van der Waals surface area contributed by atoms with E-state index in [-0.39, 0.29) is 11.5 Å². The van der Waals surface area contributed by atoms with Gasteiger partial charge < -0.3 is 15.8 Å². The summed E-state index contributed by atoms with van der Waals surface area (Å²) >= 11 is 0. The lowest BCUT2D eigenvalue weighted by molar-refractivity contribution is -0.126. The van der Waals surface area contributed by atoms with E-state index < -0.39 is 0 Å². The summed E-state index contributed by atoms with van der Waals surface area (Å²) in [5.74, 6) is 0.0506. The molecule has 4 nitrogen and oxygen atoms in total. The average Bonchev–Trinajstić information content (AvgIpc) is 2.17. The molecule has 0 aromatic rings. The van der Waals surface area contributed by atoms with E-state index in [0.29, 0.717) is 6.42 Å². The summed E-state index contributed by atoms with van der Waals surface area (Å²) in [5.41, 5.74) is 4.99. The lowest BCUT2D eigenvalue weighted by atomic mass is 10.0. The molecule has 0 aliphatic rings. The van der Waals surface area contributed by atoms with Crippen LogP contribution in [0.4, 0.5) is 0 Å². The molecule has 4 heteroatoms. The Bertz CT molecular complexity index is 181. The molecule has 0 atom stereocenters. The van der Waals surface area contributed by atoms with Crippen LogP contribution in [0, 0.1) is 0 Å². The Labute approximate surface area is 92.6 Å². The van der Waals surface area contributed by atoms with E-state index in [0.717, 1.165) is 32.4 Å². The van der Waals surface area contributed by atoms with Crippen molar-refractivity contribution in [2.24, 2.45) is 5.73 Å². The average molecular weight is 216 g/mol. The van der Waals surface area contributed by atoms with Crippen molar-refractivity contribution in [3.63, 3.8) is 0 Å². The summed E-state index contributed by atoms with van der Waals surface area (Å²) in [6.45, 7) is 5.27. The Hall–Kier alpha value is -0.610. The van der Waals surface area contributed by atoms with E-state index in [1.807, 2.05) is 13.8 Å². The number of nitrogens with one attached hydrogen (secondary N) is 1. The van der Waals surface area contributed by atoms with E-state index in [4.69, 9.17) is 10.5 Å². The number of hydrogen-bond donors (Lipinski definition) is 2. The maximum atomic E-state index is 11.4. The normalized spacial score (nSPS) is 11.5. The maximum absolute atomic E-state index is 11.4. The van der Waals surface area contributed by atoms with Crippen molar-refractivity contribution in [2.75, 3.05) is 20.2 Å². The molecule has 0 saturated heterocycles. The third-order valence-electron chi connectivity index (χ3n) is 2.34. The first-order valence-electron chi connectivity index (χ1n) is 5.54. The lowest BCUT2D eigenvalue weighted by Crippen LogP contribution is -2.34. The van der Waals surface area contributed by atoms with Crippen molar-refractivity contribution in [1.82, 2.24) is 5.32 Å². The molecule has 0 spiro atoms. The van der Waals surface area contributed by atoms with Gasteiger partial charge in [-0.15, -0.1) is 0 Å². The number of hydrogen-bond acceptors (Lipinski definition) is 3. The van der Waals surface area contributed by atoms with Gasteiger partial charge in [-0.2, -0.15) is 0 Å². The van der Waals surface area contributed by atoms with Gasteiger partial charge in [0, 0.05) is 13.7 Å². The summed E-state index contributed by atoms with van der Waals surface area (Å²) in [7, 11) is 1.62. The fourth-order valence-electron chi connectivity index (χ4n) is 1.20. The molecular weight excluding hydrogens is 192 g/mol. The molecule has 0 bridgehead atoms. The molecule has 0 aliphatic carbocycles. The Kier molecular flexibility index (Phi) is 7.34. The van der Waals surface area contributed by atoms with Crippen LogP contribution in [0.25, 0.3) is 0 Å². The predicted octanol–water partition coefficient (Wildman–Crippen LogP) is 1.05. The third kappa shape index (κ3) is 8.39. The number of carbonyl (C=O) groups is 1. The van der Waals surface area contributed by atoms with Gasteiger partial charge in [0.2, 0.25) is 5.91 Å². The van der Waals surface area contributed by atoms with Crippen LogP contribution in [-0.2, 0) is 9.53 Å². The fourth-order valence-corrected chi connectivity index (χ4v) is 1.20. The second-order valence-electron chi connectivity index (χ2n) is 4.34. The summed E-state index contributed by atoms with van der Waals surface area (Å²) in [5, 5.41) is 2.87. The second-order valence-corrected chi connectivity index (χ2v) is 4.34. The molecule has 0 aliphatic heterocycles. The van der Waals surface area contributed by atoms with Crippen LogP contribution in [0.2, 0.25) is 0 Å². The van der Waals surface area contributed by atoms with Gasteiger partial charge in [0.05, 0.1) is 12.0 Å². The van der Waals surface area contributed by atoms with Crippen molar-refractivity contribution in [3.05, 3.63) is 0 Å². The molecule has 0 unspecified atom stereocenters. The summed E-state index contributed by atoms with van der Waals surface area (Å²) < 4.78 is 5.18. The first kappa shape index (κ1) is 14.4. The summed E-state index contributed by atoms with van der Waals surface area (Å²) in [6, 6.07) is 0. The number of carbonyl (C=O) groups excluding carboxylic acids is 1. The molecule has 1 amide bonds. The fraction of sp³-hybridized carbons (Fsp3) is 0.909. The van der Waals surface area contributed by atoms with Gasteiger partial charge in [0.1, 0.15) is 0 Å². The van der Waals surface area contributed by atoms with Gasteiger partial charge in [0.25, 0.3) is 0 Å². The minimum atomic E-state index is -0.374. The standard InChI is InChI=1S/C11H24N2O2/c1-11(2,15-3)9-10(14)13-8-6-4-5-7-12/h4-9,12H2,1-3H3,(H,13,14). The molecule has 0 heterocycles. The van der Waals surface area contributed by atoms with Crippen molar-refractivity contribution < 1.29 is 9.53 Å². The van der Waals surface area contributed by atoms with Crippen LogP contribution >= 0.6 is 0 Å². The first-order valence-corrected chi connectivity index (χ1v) is 5.54. The molecule has 3 N–H and O–H groups in total. The van der Waals surface area contributed by atoms with Crippen LogP contribution in [0.3, 0.4) is 0 Å². The Morgan fingerprint density at radius 1 is 1.33 bits per heavy atom. The zero-order valence-corrected chi connectivity index (χ0v) is 10.1. The van der Waals surface area contributed by atoms with Crippen molar-refractivity contribution in [1.29, 1.82) is 0 Å². The Morgan fingerprint density at radius 2 is 2.00 bits per heavy atom. The molecular formula is C11H24N2O2. The lowest BCUT2D eigenvalue weighted by Gasteiger charge is -2.21. The van der Waals surface area contributed by atoms with E-state index in [2.05, 4.69) is 5.32 Å². The molecule has 0 aromatic carbocycles. The van der Waals surface area contributed by atoms with Crippen molar-refractivity contribution >= 4 is 5.91 Å². The van der Waals surface area contributed by atoms with Gasteiger partial charge in [-0.1, -0.05) is 6.42 Å². The molecule has 90 valence electrons. The van der Waals surface area contributed by atoms with Gasteiger partial charge in [-0.3, -0.25) is 4.79 Å². The molecule has 0 aromatic heterocycles. The maximum Gasteiger partial charge on any atom is 0.222 e. The highest BCUT2D eigenvalue weighted by Gasteiger charge is 2.20. The number of rotatable bonds is 8. The Morgan fingerprint density at radius 3 is 2.53 bits per heavy atom. The largest absolute Gasteiger partial charge is 0.378 e. The number of unbranched alkanes of at least 4 members (excludes halogenated alkanes) is 2. The summed E-state index contributed by atoms with van der Waals surface area (Å²) in [4.78, 5) is 11.4. The minimum absolute atomic E-state index is 0.0506. The topological polar surface area (TPSA) is 64.3 Å². The highest BCUT2D eigenvalue weighted by Crippen LogP contribution is 2.12. The van der Waals surface area contributed by atoms with Crippen molar-refractivity contribution in [2.45, 2.75) is 45.1 Å². The van der Waals surface area contributed by atoms with Gasteiger partial charge in [0.15, 0.2) is 0 Å². The highest BCUT2D eigenvalue weighted by atomic mass is 16.5. The molecule has 0 fully saturated rings. The molecule has 0 radical (unpaired) electrons.